The van der Waals surface area contributed by atoms with Gasteiger partial charge in [0.25, 0.3) is 10.9 Å². The first-order chi connectivity index (χ1) is 26.9. The van der Waals surface area contributed by atoms with Gasteiger partial charge >= 0.3 is 47.8 Å². The van der Waals surface area contributed by atoms with Crippen molar-refractivity contribution in [3.63, 3.8) is 0 Å². The van der Waals surface area contributed by atoms with Gasteiger partial charge in [-0.3, -0.25) is 47.9 Å². The van der Waals surface area contributed by atoms with Gasteiger partial charge in [0.1, 0.15) is 0 Å². The standard InChI is InChI=1S/C18H26N2O6.C14H17FN2O5.C3F3N3.2CH4.Na.H2O/c1-3-4-9-26-18-14(16(24)17(18)25)11-20-15(23)8-6-5-7-13(22)10-19-12(2)21;1-8(18)16-6-9(19)4-2-3-5-11(20)17-7-10-12(15)14(22)13(10)21;4-1-7-2(5)9-3(6)8-1;;;;/h3-11H2,1-2H3,(H,19,21)(H,20,23);2-7H2,1H3,(H,16,18)(H,17,20);;2*1H4;;1H2/q;;;;;+1;/p-1. The van der Waals surface area contributed by atoms with Gasteiger partial charge in [0.15, 0.2) is 23.1 Å². The molecule has 61 heavy (non-hydrogen) atoms. The predicted molar refractivity (Wildman–Crippen MR) is 206 cm³/mol. The summed E-state index contributed by atoms with van der Waals surface area (Å²) in [4.78, 5) is 119. The Bertz CT molecular complexity index is 1970. The SMILES string of the molecule is C.C.CC(=O)NCC(=O)CCCCC(=O)NCc1c(F)c(=O)c1=O.CCCCOc1c(CNC(=O)CCCCC(=O)CNC(C)=O)c(=O)c1=O.Fc1nc(F)nc(F)n1.[Na+].[OH-]. The summed E-state index contributed by atoms with van der Waals surface area (Å²) in [6, 6.07) is 0. The number of hydrogen-bond acceptors (Lipinski definition) is 15. The van der Waals surface area contributed by atoms with Gasteiger partial charge in [-0.1, -0.05) is 28.2 Å². The van der Waals surface area contributed by atoms with Gasteiger partial charge in [-0.15, -0.1) is 0 Å². The van der Waals surface area contributed by atoms with E-state index in [0.717, 1.165) is 12.8 Å². The molecule has 4 amide bonds. The van der Waals surface area contributed by atoms with Gasteiger partial charge in [-0.2, -0.15) is 28.1 Å². The van der Waals surface area contributed by atoms with Crippen LogP contribution in [0.25, 0.3) is 0 Å². The summed E-state index contributed by atoms with van der Waals surface area (Å²) in [5.41, 5.74) is -3.39. The van der Waals surface area contributed by atoms with E-state index in [1.807, 2.05) is 6.92 Å². The van der Waals surface area contributed by atoms with Crippen LogP contribution in [0.5, 0.6) is 5.75 Å². The Hall–Kier alpha value is -5.13. The van der Waals surface area contributed by atoms with Crippen LogP contribution in [0.15, 0.2) is 19.2 Å². The first-order valence-electron chi connectivity index (χ1n) is 17.6. The molecule has 19 nitrogen and oxygen atoms in total. The van der Waals surface area contributed by atoms with E-state index in [9.17, 15) is 65.5 Å². The molecular formula is C37H52F4N7NaO12. The number of ketones is 2. The van der Waals surface area contributed by atoms with E-state index < -0.39 is 45.8 Å². The maximum Gasteiger partial charge on any atom is 1.00 e. The zero-order valence-corrected chi connectivity index (χ0v) is 34.9. The Morgan fingerprint density at radius 3 is 1.31 bits per heavy atom. The van der Waals surface area contributed by atoms with Gasteiger partial charge in [-0.05, 0) is 32.1 Å². The molecule has 0 atom stereocenters. The summed E-state index contributed by atoms with van der Waals surface area (Å²) in [6.07, 6.45) is 0.202. The third kappa shape index (κ3) is 25.3. The number of unbranched alkanes of at least 4 members (excludes halogenated alkanes) is 3. The summed E-state index contributed by atoms with van der Waals surface area (Å²) in [5, 5.41) is 9.75. The van der Waals surface area contributed by atoms with Gasteiger partial charge < -0.3 is 31.5 Å². The number of amides is 4. The average molecular weight is 886 g/mol. The molecule has 0 saturated carbocycles. The molecule has 5 N–H and O–H groups in total. The van der Waals surface area contributed by atoms with Crippen LogP contribution in [-0.4, -0.2) is 75.3 Å². The first-order valence-corrected chi connectivity index (χ1v) is 17.6. The first kappa shape index (κ1) is 62.5. The third-order valence-corrected chi connectivity index (χ3v) is 7.42. The molecule has 0 bridgehead atoms. The van der Waals surface area contributed by atoms with Crippen LogP contribution in [-0.2, 0) is 41.9 Å². The normalized spacial score (nSPS) is 9.69. The van der Waals surface area contributed by atoms with Crippen LogP contribution in [0.1, 0.15) is 111 Å². The number of carbonyl (C=O) groups is 6. The van der Waals surface area contributed by atoms with Gasteiger partial charge in [0.05, 0.1) is 37.4 Å². The van der Waals surface area contributed by atoms with Crippen molar-refractivity contribution in [3.05, 3.63) is 76.1 Å². The molecule has 0 aliphatic heterocycles. The summed E-state index contributed by atoms with van der Waals surface area (Å²) < 4.78 is 53.3. The number of aromatic nitrogens is 3. The van der Waals surface area contributed by atoms with E-state index in [0.29, 0.717) is 38.7 Å². The fraction of sp³-hybridized carbons (Fsp3) is 0.541. The number of halogens is 4. The van der Waals surface area contributed by atoms with Crippen molar-refractivity contribution in [2.24, 2.45) is 0 Å². The quantitative estimate of drug-likeness (QED) is 0.0369. The molecule has 1 aromatic heterocycles. The van der Waals surface area contributed by atoms with Crippen molar-refractivity contribution in [1.82, 2.24) is 36.2 Å². The maximum atomic E-state index is 12.9. The Labute approximate surface area is 370 Å². The molecule has 0 saturated heterocycles. The monoisotopic (exact) mass is 885 g/mol. The van der Waals surface area contributed by atoms with E-state index in [1.54, 1.807) is 0 Å². The number of carbonyl (C=O) groups excluding carboxylic acids is 6. The van der Waals surface area contributed by atoms with Crippen LogP contribution < -0.4 is 77.3 Å². The van der Waals surface area contributed by atoms with Crippen molar-refractivity contribution in [3.8, 4) is 5.75 Å². The molecule has 3 aromatic rings. The van der Waals surface area contributed by atoms with Crippen molar-refractivity contribution in [2.75, 3.05) is 19.7 Å². The second-order valence-electron chi connectivity index (χ2n) is 12.1. The van der Waals surface area contributed by atoms with E-state index in [-0.39, 0.29) is 147 Å². The molecule has 2 aromatic carbocycles. The smallest absolute Gasteiger partial charge is 0.870 e. The molecule has 0 aliphatic rings. The number of hydrogen-bond donors (Lipinski definition) is 4. The molecule has 0 spiro atoms. The average Bonchev–Trinajstić information content (AvgIpc) is 3.15. The summed E-state index contributed by atoms with van der Waals surface area (Å²) in [6.45, 7) is 4.68. The molecule has 24 heteroatoms. The van der Waals surface area contributed by atoms with Gasteiger partial charge in [0, 0.05) is 46.1 Å². The third-order valence-electron chi connectivity index (χ3n) is 7.42. The second-order valence-corrected chi connectivity index (χ2v) is 12.1. The van der Waals surface area contributed by atoms with Crippen molar-refractivity contribution >= 4 is 35.2 Å². The minimum Gasteiger partial charge on any atom is -0.870 e. The molecule has 0 radical (unpaired) electrons. The molecule has 0 fully saturated rings. The minimum absolute atomic E-state index is 0. The second kappa shape index (κ2) is 33.6. The van der Waals surface area contributed by atoms with Gasteiger partial charge in [-0.25, -0.2) is 4.39 Å². The van der Waals surface area contributed by atoms with E-state index in [1.165, 1.54) is 13.8 Å². The maximum absolute atomic E-state index is 12.9. The molecule has 0 aliphatic carbocycles. The molecule has 336 valence electrons. The Morgan fingerprint density at radius 1 is 0.557 bits per heavy atom. The van der Waals surface area contributed by atoms with Crippen LogP contribution >= 0.6 is 0 Å². The van der Waals surface area contributed by atoms with E-state index >= 15 is 0 Å². The van der Waals surface area contributed by atoms with Crippen LogP contribution in [0.4, 0.5) is 17.6 Å². The number of rotatable bonds is 22. The predicted octanol–water partition coefficient (Wildman–Crippen LogP) is -1.96. The number of ether oxygens (including phenoxy) is 1. The van der Waals surface area contributed by atoms with Crippen molar-refractivity contribution in [1.29, 1.82) is 0 Å². The summed E-state index contributed by atoms with van der Waals surface area (Å²) in [7, 11) is 0. The largest absolute Gasteiger partial charge is 1.00 e. The van der Waals surface area contributed by atoms with Crippen molar-refractivity contribution < 1.29 is 86.1 Å². The summed E-state index contributed by atoms with van der Waals surface area (Å²) >= 11 is 0. The van der Waals surface area contributed by atoms with Crippen molar-refractivity contribution in [2.45, 2.75) is 113 Å². The van der Waals surface area contributed by atoms with Crippen LogP contribution in [0.3, 0.4) is 0 Å². The van der Waals surface area contributed by atoms with Crippen LogP contribution in [0, 0.1) is 24.1 Å². The summed E-state index contributed by atoms with van der Waals surface area (Å²) in [5.74, 6) is -2.41. The Kier molecular flexibility index (Phi) is 34.4. The van der Waals surface area contributed by atoms with E-state index in [2.05, 4.69) is 36.2 Å². The number of Topliss-reactive ketones (excluding diaryl/α,β-unsaturated/α-hetero) is 2. The fourth-order valence-corrected chi connectivity index (χ4v) is 4.31. The zero-order chi connectivity index (χ0) is 43.1. The molecule has 0 unspecified atom stereocenters. The number of nitrogens with one attached hydrogen (secondary N) is 4. The fourth-order valence-electron chi connectivity index (χ4n) is 4.31. The molecule has 1 heterocycles. The topological polar surface area (TPSA) is 297 Å². The van der Waals surface area contributed by atoms with Crippen LogP contribution in [0.2, 0.25) is 0 Å². The Balaban J connectivity index is -0.000000422. The molecule has 3 rings (SSSR count). The van der Waals surface area contributed by atoms with E-state index in [4.69, 9.17) is 4.74 Å². The minimum atomic E-state index is -1.46. The zero-order valence-electron chi connectivity index (χ0n) is 32.9. The van der Waals surface area contributed by atoms with Gasteiger partial charge in [0.2, 0.25) is 34.5 Å². The molecular weight excluding hydrogens is 833 g/mol. The Morgan fingerprint density at radius 2 is 0.934 bits per heavy atom. The number of nitrogens with zero attached hydrogens (tertiary/aromatic N) is 3.